The molecule has 25 heavy (non-hydrogen) atoms. The minimum Gasteiger partial charge on any atom is -0.357 e. The quantitative estimate of drug-likeness (QED) is 0.313. The smallest absolute Gasteiger partial charge is 0.242 e. The number of rotatable bonds is 13. The largest absolute Gasteiger partial charge is 0.357 e. The van der Waals surface area contributed by atoms with Gasteiger partial charge in [-0.3, -0.25) is 9.79 Å². The van der Waals surface area contributed by atoms with Gasteiger partial charge in [-0.05, 0) is 54.3 Å². The fraction of sp³-hybridized carbons (Fsp3) is 0.895. The van der Waals surface area contributed by atoms with Crippen molar-refractivity contribution >= 4 is 11.9 Å². The van der Waals surface area contributed by atoms with E-state index in [2.05, 4.69) is 36.2 Å². The van der Waals surface area contributed by atoms with Gasteiger partial charge in [-0.2, -0.15) is 0 Å². The van der Waals surface area contributed by atoms with Crippen LogP contribution in [0.25, 0.3) is 0 Å². The highest BCUT2D eigenvalue weighted by Crippen LogP contribution is 2.04. The van der Waals surface area contributed by atoms with Crippen molar-refractivity contribution in [3.63, 3.8) is 0 Å². The number of carbonyl (C=O) groups is 1. The summed E-state index contributed by atoms with van der Waals surface area (Å²) >= 11 is 0. The first-order valence-electron chi connectivity index (χ1n) is 9.88. The molecule has 0 aliphatic carbocycles. The molecule has 0 unspecified atom stereocenters. The van der Waals surface area contributed by atoms with E-state index in [1.165, 1.54) is 32.2 Å². The van der Waals surface area contributed by atoms with Crippen LogP contribution in [-0.2, 0) is 4.79 Å². The van der Waals surface area contributed by atoms with Crippen LogP contribution in [0.5, 0.6) is 0 Å². The van der Waals surface area contributed by atoms with Gasteiger partial charge in [-0.25, -0.2) is 0 Å². The summed E-state index contributed by atoms with van der Waals surface area (Å²) in [6, 6.07) is 0. The normalized spacial score (nSPS) is 11.7. The summed E-state index contributed by atoms with van der Waals surface area (Å²) in [7, 11) is 6.18. The van der Waals surface area contributed by atoms with Gasteiger partial charge in [0.05, 0.1) is 6.54 Å². The Balaban J connectivity index is 4.20. The summed E-state index contributed by atoms with van der Waals surface area (Å²) in [5.41, 5.74) is 0. The van der Waals surface area contributed by atoms with Crippen LogP contribution in [0.2, 0.25) is 0 Å². The molecular weight excluding hydrogens is 314 g/mol. The lowest BCUT2D eigenvalue weighted by atomic mass is 10.1. The van der Waals surface area contributed by atoms with Gasteiger partial charge in [0.2, 0.25) is 5.91 Å². The average Bonchev–Trinajstić information content (AvgIpc) is 2.56. The van der Waals surface area contributed by atoms with Crippen molar-refractivity contribution in [1.29, 1.82) is 0 Å². The Bertz CT molecular complexity index is 367. The summed E-state index contributed by atoms with van der Waals surface area (Å²) in [6.45, 7) is 10.8. The minimum absolute atomic E-state index is 0.152. The second kappa shape index (κ2) is 15.0. The first-order chi connectivity index (χ1) is 12.0. The summed E-state index contributed by atoms with van der Waals surface area (Å²) in [4.78, 5) is 22.9. The standard InChI is InChI=1S/C19H41N5O/c1-7-20-19(23(6)17-18(25)24(8-2)9-3)21-15-13-11-10-12-14-16-22(4)5/h7-17H2,1-6H3,(H,20,21). The number of likely N-dealkylation sites (N-methyl/N-ethyl adjacent to an activating group) is 2. The molecule has 0 spiro atoms. The number of carbonyl (C=O) groups excluding carboxylic acids is 1. The number of hydrogen-bond donors (Lipinski definition) is 1. The minimum atomic E-state index is 0.152. The maximum Gasteiger partial charge on any atom is 0.242 e. The third-order valence-corrected chi connectivity index (χ3v) is 4.21. The van der Waals surface area contributed by atoms with Crippen LogP contribution < -0.4 is 5.32 Å². The van der Waals surface area contributed by atoms with Crippen molar-refractivity contribution in [3.8, 4) is 0 Å². The number of unbranched alkanes of at least 4 members (excludes halogenated alkanes) is 4. The van der Waals surface area contributed by atoms with Crippen LogP contribution in [0.4, 0.5) is 0 Å². The Kier molecular flexibility index (Phi) is 14.2. The first-order valence-corrected chi connectivity index (χ1v) is 9.88. The van der Waals surface area contributed by atoms with E-state index in [1.54, 1.807) is 0 Å². The second-order valence-corrected chi connectivity index (χ2v) is 6.73. The summed E-state index contributed by atoms with van der Waals surface area (Å²) in [5, 5.41) is 3.29. The maximum atomic E-state index is 12.2. The highest BCUT2D eigenvalue weighted by Gasteiger charge is 2.14. The Morgan fingerprint density at radius 3 is 2.08 bits per heavy atom. The molecule has 0 atom stereocenters. The molecule has 0 aromatic carbocycles. The van der Waals surface area contributed by atoms with Gasteiger partial charge >= 0.3 is 0 Å². The zero-order valence-electron chi connectivity index (χ0n) is 17.5. The third-order valence-electron chi connectivity index (χ3n) is 4.21. The summed E-state index contributed by atoms with van der Waals surface area (Å²) in [5.74, 6) is 0.981. The molecule has 0 radical (unpaired) electrons. The monoisotopic (exact) mass is 355 g/mol. The van der Waals surface area contributed by atoms with Crippen LogP contribution in [0.1, 0.15) is 52.9 Å². The van der Waals surface area contributed by atoms with E-state index < -0.39 is 0 Å². The van der Waals surface area contributed by atoms with Crippen molar-refractivity contribution in [2.45, 2.75) is 52.9 Å². The molecule has 0 aromatic rings. The van der Waals surface area contributed by atoms with E-state index in [-0.39, 0.29) is 5.91 Å². The van der Waals surface area contributed by atoms with E-state index >= 15 is 0 Å². The van der Waals surface area contributed by atoms with Crippen LogP contribution in [0.15, 0.2) is 4.99 Å². The lowest BCUT2D eigenvalue weighted by Gasteiger charge is -2.25. The molecule has 0 rings (SSSR count). The molecule has 1 N–H and O–H groups in total. The molecular formula is C19H41N5O. The average molecular weight is 356 g/mol. The molecule has 6 nitrogen and oxygen atoms in total. The number of nitrogens with one attached hydrogen (secondary N) is 1. The van der Waals surface area contributed by atoms with Crippen LogP contribution in [-0.4, -0.2) is 87.0 Å². The van der Waals surface area contributed by atoms with E-state index in [1.807, 2.05) is 30.7 Å². The number of hydrogen-bond acceptors (Lipinski definition) is 3. The third kappa shape index (κ3) is 11.8. The van der Waals surface area contributed by atoms with Gasteiger partial charge in [0.1, 0.15) is 0 Å². The molecule has 0 aliphatic heterocycles. The molecule has 0 aromatic heterocycles. The highest BCUT2D eigenvalue weighted by atomic mass is 16.2. The van der Waals surface area contributed by atoms with E-state index in [9.17, 15) is 4.79 Å². The first kappa shape index (κ1) is 23.7. The topological polar surface area (TPSA) is 51.2 Å². The Labute approximate surface area is 155 Å². The lowest BCUT2D eigenvalue weighted by Crippen LogP contribution is -2.45. The zero-order valence-corrected chi connectivity index (χ0v) is 17.5. The Hall–Kier alpha value is -1.30. The fourth-order valence-electron chi connectivity index (χ4n) is 2.68. The molecule has 0 fully saturated rings. The van der Waals surface area contributed by atoms with Gasteiger partial charge in [-0.1, -0.05) is 19.3 Å². The lowest BCUT2D eigenvalue weighted by molar-refractivity contribution is -0.131. The van der Waals surface area contributed by atoms with Crippen molar-refractivity contribution in [2.75, 3.05) is 60.4 Å². The predicted octanol–water partition coefficient (Wildman–Crippen LogP) is 2.26. The van der Waals surface area contributed by atoms with Crippen molar-refractivity contribution in [1.82, 2.24) is 20.0 Å². The van der Waals surface area contributed by atoms with E-state index in [4.69, 9.17) is 0 Å². The predicted molar refractivity (Wildman–Crippen MR) is 108 cm³/mol. The van der Waals surface area contributed by atoms with Gasteiger partial charge < -0.3 is 20.0 Å². The number of aliphatic imine (C=N–C) groups is 1. The number of nitrogens with zero attached hydrogens (tertiary/aromatic N) is 4. The summed E-state index contributed by atoms with van der Waals surface area (Å²) < 4.78 is 0. The fourth-order valence-corrected chi connectivity index (χ4v) is 2.68. The second-order valence-electron chi connectivity index (χ2n) is 6.73. The van der Waals surface area contributed by atoms with E-state index in [0.29, 0.717) is 6.54 Å². The molecule has 6 heteroatoms. The molecule has 0 bridgehead atoms. The van der Waals surface area contributed by atoms with E-state index in [0.717, 1.165) is 38.6 Å². The van der Waals surface area contributed by atoms with Gasteiger partial charge in [0, 0.05) is 33.2 Å². The van der Waals surface area contributed by atoms with Crippen molar-refractivity contribution < 1.29 is 4.79 Å². The molecule has 148 valence electrons. The Morgan fingerprint density at radius 2 is 1.52 bits per heavy atom. The molecule has 0 saturated heterocycles. The Morgan fingerprint density at radius 1 is 0.920 bits per heavy atom. The summed E-state index contributed by atoms with van der Waals surface area (Å²) in [6.07, 6.45) is 6.17. The van der Waals surface area contributed by atoms with Crippen molar-refractivity contribution in [3.05, 3.63) is 0 Å². The highest BCUT2D eigenvalue weighted by molar-refractivity contribution is 5.86. The number of amides is 1. The maximum absolute atomic E-state index is 12.2. The molecule has 1 amide bonds. The van der Waals surface area contributed by atoms with Gasteiger partial charge in [-0.15, -0.1) is 0 Å². The molecule has 0 heterocycles. The SMILES string of the molecule is CCNC(=NCCCCCCCN(C)C)N(C)CC(=O)N(CC)CC. The van der Waals surface area contributed by atoms with Crippen LogP contribution in [0.3, 0.4) is 0 Å². The molecule has 0 aliphatic rings. The van der Waals surface area contributed by atoms with Crippen LogP contribution in [0, 0.1) is 0 Å². The number of guanidine groups is 1. The van der Waals surface area contributed by atoms with Gasteiger partial charge in [0.25, 0.3) is 0 Å². The molecule has 0 saturated carbocycles. The van der Waals surface area contributed by atoms with Crippen molar-refractivity contribution in [2.24, 2.45) is 4.99 Å². The van der Waals surface area contributed by atoms with Crippen LogP contribution >= 0.6 is 0 Å². The zero-order chi connectivity index (χ0) is 19.1. The van der Waals surface area contributed by atoms with Gasteiger partial charge in [0.15, 0.2) is 5.96 Å².